The molecule has 0 unspecified atom stereocenters. The van der Waals surface area contributed by atoms with E-state index in [1.54, 1.807) is 6.07 Å². The molecule has 1 aliphatic heterocycles. The molecule has 0 radical (unpaired) electrons. The third-order valence-corrected chi connectivity index (χ3v) is 5.71. The molecular weight excluding hydrogens is 401 g/mol. The summed E-state index contributed by atoms with van der Waals surface area (Å²) in [6, 6.07) is 5.75. The van der Waals surface area contributed by atoms with Gasteiger partial charge >= 0.3 is 5.91 Å². The Morgan fingerprint density at radius 3 is 2.58 bits per heavy atom. The summed E-state index contributed by atoms with van der Waals surface area (Å²) < 4.78 is 19.7. The van der Waals surface area contributed by atoms with Crippen LogP contribution in [0.3, 0.4) is 0 Å². The van der Waals surface area contributed by atoms with Gasteiger partial charge in [0, 0.05) is 43.7 Å². The number of fused-ring (bicyclic) bond motifs is 1. The Balaban J connectivity index is 1.51. The number of carbonyl (C=O) groups is 2. The van der Waals surface area contributed by atoms with Crippen LogP contribution >= 0.6 is 0 Å². The summed E-state index contributed by atoms with van der Waals surface area (Å²) >= 11 is 0. The molecule has 1 aliphatic carbocycles. The molecule has 1 aromatic heterocycles. The molecule has 9 heteroatoms. The zero-order chi connectivity index (χ0) is 22.0. The van der Waals surface area contributed by atoms with Crippen molar-refractivity contribution in [2.45, 2.75) is 26.2 Å². The number of aryl methyl sites for hydroxylation is 1. The zero-order valence-electron chi connectivity index (χ0n) is 17.7. The van der Waals surface area contributed by atoms with E-state index in [0.29, 0.717) is 29.9 Å². The molecule has 0 spiro atoms. The number of hydrogen-bond donors (Lipinski definition) is 2. The maximum Gasteiger partial charge on any atom is 0.301 e. The Morgan fingerprint density at radius 1 is 1.10 bits per heavy atom. The third-order valence-electron chi connectivity index (χ3n) is 5.71. The Bertz CT molecular complexity index is 1020. The first-order valence-electron chi connectivity index (χ1n) is 10.4. The average molecular weight is 427 g/mol. The van der Waals surface area contributed by atoms with Gasteiger partial charge in [-0.3, -0.25) is 15.0 Å². The van der Waals surface area contributed by atoms with Crippen molar-refractivity contribution >= 4 is 17.5 Å². The van der Waals surface area contributed by atoms with Gasteiger partial charge in [0.25, 0.3) is 5.91 Å². The first-order valence-corrected chi connectivity index (χ1v) is 10.4. The molecule has 1 fully saturated rings. The summed E-state index contributed by atoms with van der Waals surface area (Å²) in [5.41, 5.74) is 7.37. The minimum atomic E-state index is -0.619. The standard InChI is InChI=1S/C22H26FN5O3/c1-14-19-17(24-25-21(29)15-6-3-4-7-16(15)23)8-5-9-18(19)31-20(14)22(30)26-28-12-10-27(2)11-13-28/h3-4,6-7H,5,8-13H2,1-2H3,(H,25,29)(H,26,30)/b24-17+. The fourth-order valence-electron chi connectivity index (χ4n) is 3.93. The van der Waals surface area contributed by atoms with Crippen LogP contribution in [0.1, 0.15) is 50.6 Å². The summed E-state index contributed by atoms with van der Waals surface area (Å²) in [5, 5.41) is 6.14. The van der Waals surface area contributed by atoms with Gasteiger partial charge in [0.15, 0.2) is 5.76 Å². The van der Waals surface area contributed by atoms with Crippen LogP contribution in [0.5, 0.6) is 0 Å². The second-order valence-corrected chi connectivity index (χ2v) is 7.92. The predicted molar refractivity (Wildman–Crippen MR) is 113 cm³/mol. The summed E-state index contributed by atoms with van der Waals surface area (Å²) in [6.07, 6.45) is 2.11. The van der Waals surface area contributed by atoms with Crippen molar-refractivity contribution < 1.29 is 18.4 Å². The number of amides is 2. The van der Waals surface area contributed by atoms with Crippen LogP contribution in [-0.4, -0.2) is 60.7 Å². The van der Waals surface area contributed by atoms with E-state index in [0.717, 1.165) is 38.2 Å². The molecule has 2 heterocycles. The number of halogens is 1. The van der Waals surface area contributed by atoms with Gasteiger partial charge in [-0.2, -0.15) is 5.10 Å². The van der Waals surface area contributed by atoms with Gasteiger partial charge in [0.1, 0.15) is 11.6 Å². The van der Waals surface area contributed by atoms with E-state index in [-0.39, 0.29) is 17.2 Å². The van der Waals surface area contributed by atoms with E-state index in [2.05, 4.69) is 27.9 Å². The lowest BCUT2D eigenvalue weighted by molar-refractivity contribution is 0.0634. The number of likely N-dealkylation sites (N-methyl/N-ethyl adjacent to an activating group) is 1. The Kier molecular flexibility index (Phi) is 6.15. The number of hydrazone groups is 1. The Morgan fingerprint density at radius 2 is 1.84 bits per heavy atom. The fourth-order valence-corrected chi connectivity index (χ4v) is 3.93. The van der Waals surface area contributed by atoms with Crippen LogP contribution in [0, 0.1) is 12.7 Å². The number of carbonyl (C=O) groups excluding carboxylic acids is 2. The van der Waals surface area contributed by atoms with Crippen molar-refractivity contribution in [2.75, 3.05) is 33.2 Å². The average Bonchev–Trinajstić information content (AvgIpc) is 3.11. The summed E-state index contributed by atoms with van der Waals surface area (Å²) in [4.78, 5) is 27.3. The lowest BCUT2D eigenvalue weighted by Gasteiger charge is -2.32. The quantitative estimate of drug-likeness (QED) is 0.730. The minimum Gasteiger partial charge on any atom is -0.455 e. The molecule has 0 saturated carbocycles. The van der Waals surface area contributed by atoms with Crippen LogP contribution in [0.4, 0.5) is 4.39 Å². The number of benzene rings is 1. The van der Waals surface area contributed by atoms with E-state index in [1.807, 2.05) is 11.9 Å². The molecule has 0 atom stereocenters. The van der Waals surface area contributed by atoms with Crippen LogP contribution in [0.15, 0.2) is 33.8 Å². The molecule has 2 aromatic rings. The lowest BCUT2D eigenvalue weighted by Crippen LogP contribution is -2.52. The number of nitrogens with zero attached hydrogens (tertiary/aromatic N) is 3. The van der Waals surface area contributed by atoms with Crippen LogP contribution in [-0.2, 0) is 6.42 Å². The van der Waals surface area contributed by atoms with E-state index in [4.69, 9.17) is 4.42 Å². The number of hydrazine groups is 1. The fraction of sp³-hybridized carbons (Fsp3) is 0.409. The predicted octanol–water partition coefficient (Wildman–Crippen LogP) is 2.09. The maximum atomic E-state index is 13.8. The highest BCUT2D eigenvalue weighted by Gasteiger charge is 2.29. The largest absolute Gasteiger partial charge is 0.455 e. The van der Waals surface area contributed by atoms with E-state index in [9.17, 15) is 14.0 Å². The third kappa shape index (κ3) is 4.52. The van der Waals surface area contributed by atoms with Crippen LogP contribution in [0.25, 0.3) is 0 Å². The van der Waals surface area contributed by atoms with Gasteiger partial charge in [-0.05, 0) is 38.9 Å². The zero-order valence-corrected chi connectivity index (χ0v) is 17.7. The van der Waals surface area contributed by atoms with Gasteiger partial charge in [0.2, 0.25) is 0 Å². The highest BCUT2D eigenvalue weighted by Crippen LogP contribution is 2.30. The second-order valence-electron chi connectivity index (χ2n) is 7.92. The van der Waals surface area contributed by atoms with Crippen molar-refractivity contribution in [1.82, 2.24) is 20.8 Å². The SMILES string of the molecule is Cc1c(C(=O)NN2CCN(C)CC2)oc2c1/C(=N/NC(=O)c1ccccc1F)CCC2. The van der Waals surface area contributed by atoms with E-state index >= 15 is 0 Å². The molecule has 1 aromatic carbocycles. The highest BCUT2D eigenvalue weighted by atomic mass is 19.1. The molecular formula is C22H26FN5O3. The number of piperazine rings is 1. The van der Waals surface area contributed by atoms with Crippen molar-refractivity contribution in [2.24, 2.45) is 5.10 Å². The topological polar surface area (TPSA) is 90.2 Å². The van der Waals surface area contributed by atoms with Gasteiger partial charge in [-0.25, -0.2) is 14.8 Å². The van der Waals surface area contributed by atoms with Gasteiger partial charge in [-0.15, -0.1) is 0 Å². The first kappa shape index (κ1) is 21.2. The lowest BCUT2D eigenvalue weighted by atomic mass is 9.93. The number of hydrogen-bond acceptors (Lipinski definition) is 6. The van der Waals surface area contributed by atoms with Crippen LogP contribution < -0.4 is 10.9 Å². The minimum absolute atomic E-state index is 0.0703. The molecule has 31 heavy (non-hydrogen) atoms. The van der Waals surface area contributed by atoms with Crippen molar-refractivity contribution in [3.63, 3.8) is 0 Å². The van der Waals surface area contributed by atoms with Crippen molar-refractivity contribution in [3.05, 3.63) is 58.3 Å². The smallest absolute Gasteiger partial charge is 0.301 e. The molecule has 2 amide bonds. The molecule has 8 nitrogen and oxygen atoms in total. The van der Waals surface area contributed by atoms with Crippen molar-refractivity contribution in [1.29, 1.82) is 0 Å². The maximum absolute atomic E-state index is 13.8. The highest BCUT2D eigenvalue weighted by molar-refractivity contribution is 6.07. The second kappa shape index (κ2) is 8.99. The first-order chi connectivity index (χ1) is 14.9. The Hall–Kier alpha value is -3.04. The van der Waals surface area contributed by atoms with E-state index < -0.39 is 11.7 Å². The monoisotopic (exact) mass is 427 g/mol. The number of nitrogens with one attached hydrogen (secondary N) is 2. The molecule has 1 saturated heterocycles. The van der Waals surface area contributed by atoms with Crippen LogP contribution in [0.2, 0.25) is 0 Å². The summed E-state index contributed by atoms with van der Waals surface area (Å²) in [6.45, 7) is 5.08. The summed E-state index contributed by atoms with van der Waals surface area (Å²) in [5.74, 6) is -0.560. The van der Waals surface area contributed by atoms with Gasteiger partial charge in [0.05, 0.1) is 11.3 Å². The number of rotatable bonds is 4. The Labute approximate surface area is 180 Å². The van der Waals surface area contributed by atoms with Crippen molar-refractivity contribution in [3.8, 4) is 0 Å². The molecule has 0 bridgehead atoms. The van der Waals surface area contributed by atoms with Gasteiger partial charge < -0.3 is 9.32 Å². The van der Waals surface area contributed by atoms with E-state index in [1.165, 1.54) is 18.2 Å². The summed E-state index contributed by atoms with van der Waals surface area (Å²) in [7, 11) is 2.05. The molecule has 164 valence electrons. The molecule has 2 N–H and O–H groups in total. The van der Waals surface area contributed by atoms with Gasteiger partial charge in [-0.1, -0.05) is 12.1 Å². The number of furan rings is 1. The normalized spacial score (nSPS) is 18.6. The molecule has 4 rings (SSSR count). The molecule has 2 aliphatic rings.